The number of halogens is 3. The van der Waals surface area contributed by atoms with Crippen LogP contribution in [0.4, 0.5) is 13.2 Å². The van der Waals surface area contributed by atoms with Crippen molar-refractivity contribution in [3.05, 3.63) is 29.3 Å². The van der Waals surface area contributed by atoms with Crippen LogP contribution in [0.15, 0.2) is 18.2 Å². The van der Waals surface area contributed by atoms with Crippen LogP contribution in [0.3, 0.4) is 0 Å². The number of methoxy groups -OCH3 is 1. The Hall–Kier alpha value is -1.23. The van der Waals surface area contributed by atoms with E-state index in [1.165, 1.54) is 20.2 Å². The van der Waals surface area contributed by atoms with Crippen LogP contribution in [-0.4, -0.2) is 20.3 Å². The van der Waals surface area contributed by atoms with Gasteiger partial charge < -0.3 is 10.1 Å². The first-order valence-corrected chi connectivity index (χ1v) is 5.17. The molecule has 0 amide bonds. The highest BCUT2D eigenvalue weighted by molar-refractivity contribution is 5.42. The van der Waals surface area contributed by atoms with Crippen molar-refractivity contribution < 1.29 is 17.9 Å². The van der Waals surface area contributed by atoms with Gasteiger partial charge in [-0.15, -0.1) is 0 Å². The van der Waals surface area contributed by atoms with Crippen molar-refractivity contribution in [1.82, 2.24) is 5.32 Å². The van der Waals surface area contributed by atoms with Gasteiger partial charge >= 0.3 is 6.18 Å². The molecule has 1 N–H and O–H groups in total. The third-order valence-electron chi connectivity index (χ3n) is 2.96. The van der Waals surface area contributed by atoms with Crippen molar-refractivity contribution in [1.29, 1.82) is 0 Å². The Morgan fingerprint density at radius 3 is 2.24 bits per heavy atom. The minimum atomic E-state index is -4.40. The molecule has 0 aliphatic carbocycles. The van der Waals surface area contributed by atoms with Crippen LogP contribution in [0.5, 0.6) is 5.75 Å². The van der Waals surface area contributed by atoms with E-state index < -0.39 is 11.7 Å². The smallest absolute Gasteiger partial charge is 0.410 e. The molecule has 1 atom stereocenters. The average molecular weight is 247 g/mol. The number of ether oxygens (including phenoxy) is 1. The van der Waals surface area contributed by atoms with Gasteiger partial charge in [0.25, 0.3) is 0 Å². The zero-order valence-electron chi connectivity index (χ0n) is 10.3. The molecule has 1 rings (SSSR count). The molecule has 1 aromatic carbocycles. The van der Waals surface area contributed by atoms with Crippen LogP contribution in [0.1, 0.15) is 18.1 Å². The maximum absolute atomic E-state index is 13.1. The molecule has 0 radical (unpaired) electrons. The van der Waals surface area contributed by atoms with Gasteiger partial charge in [-0.2, -0.15) is 13.2 Å². The Morgan fingerprint density at radius 2 is 1.82 bits per heavy atom. The topological polar surface area (TPSA) is 21.3 Å². The highest BCUT2D eigenvalue weighted by Gasteiger charge is 2.52. The van der Waals surface area contributed by atoms with E-state index in [0.29, 0.717) is 0 Å². The SMILES string of the molecule is CNC(C)(c1cc(C)ccc1OC)C(F)(F)F. The number of benzene rings is 1. The van der Waals surface area contributed by atoms with E-state index in [2.05, 4.69) is 5.32 Å². The normalized spacial score (nSPS) is 15.5. The van der Waals surface area contributed by atoms with Crippen LogP contribution < -0.4 is 10.1 Å². The average Bonchev–Trinajstić information content (AvgIpc) is 2.26. The van der Waals surface area contributed by atoms with Gasteiger partial charge in [-0.1, -0.05) is 17.7 Å². The summed E-state index contributed by atoms with van der Waals surface area (Å²) in [6, 6.07) is 4.75. The van der Waals surface area contributed by atoms with Gasteiger partial charge in [-0.05, 0) is 27.0 Å². The minimum absolute atomic E-state index is 0.0926. The number of rotatable bonds is 3. The lowest BCUT2D eigenvalue weighted by Gasteiger charge is -2.33. The highest BCUT2D eigenvalue weighted by atomic mass is 19.4. The quantitative estimate of drug-likeness (QED) is 0.886. The fourth-order valence-electron chi connectivity index (χ4n) is 1.64. The van der Waals surface area contributed by atoms with Gasteiger partial charge in [0.05, 0.1) is 7.11 Å². The van der Waals surface area contributed by atoms with Gasteiger partial charge in [-0.3, -0.25) is 0 Å². The number of nitrogens with one attached hydrogen (secondary N) is 1. The molecule has 17 heavy (non-hydrogen) atoms. The lowest BCUT2D eigenvalue weighted by Crippen LogP contribution is -2.50. The van der Waals surface area contributed by atoms with Crippen molar-refractivity contribution >= 4 is 0 Å². The Balaban J connectivity index is 3.43. The van der Waals surface area contributed by atoms with E-state index in [0.717, 1.165) is 12.5 Å². The summed E-state index contributed by atoms with van der Waals surface area (Å²) in [4.78, 5) is 0. The van der Waals surface area contributed by atoms with Crippen LogP contribution in [-0.2, 0) is 5.54 Å². The second-order valence-corrected chi connectivity index (χ2v) is 4.08. The van der Waals surface area contributed by atoms with Crippen LogP contribution in [0.2, 0.25) is 0 Å². The van der Waals surface area contributed by atoms with Gasteiger partial charge in [-0.25, -0.2) is 0 Å². The number of hydrogen-bond acceptors (Lipinski definition) is 2. The standard InChI is InChI=1S/C12H16F3NO/c1-8-5-6-10(17-4)9(7-8)11(2,16-3)12(13,14)15/h5-7,16H,1-4H3. The molecule has 0 fully saturated rings. The third kappa shape index (κ3) is 2.39. The zero-order valence-corrected chi connectivity index (χ0v) is 10.3. The third-order valence-corrected chi connectivity index (χ3v) is 2.96. The summed E-state index contributed by atoms with van der Waals surface area (Å²) < 4.78 is 44.4. The van der Waals surface area contributed by atoms with E-state index in [4.69, 9.17) is 4.74 Å². The van der Waals surface area contributed by atoms with E-state index >= 15 is 0 Å². The van der Waals surface area contributed by atoms with Crippen molar-refractivity contribution in [3.8, 4) is 5.75 Å². The van der Waals surface area contributed by atoms with E-state index in [1.807, 2.05) is 0 Å². The maximum atomic E-state index is 13.1. The summed E-state index contributed by atoms with van der Waals surface area (Å²) in [7, 11) is 2.65. The second kappa shape index (κ2) is 4.56. The molecule has 1 unspecified atom stereocenters. The monoisotopic (exact) mass is 247 g/mol. The van der Waals surface area contributed by atoms with Gasteiger partial charge in [0.2, 0.25) is 0 Å². The Labute approximate surface area is 98.8 Å². The molecule has 96 valence electrons. The first-order valence-electron chi connectivity index (χ1n) is 5.17. The first-order chi connectivity index (χ1) is 7.76. The lowest BCUT2D eigenvalue weighted by molar-refractivity contribution is -0.194. The Morgan fingerprint density at radius 1 is 1.24 bits per heavy atom. The fourth-order valence-corrected chi connectivity index (χ4v) is 1.64. The van der Waals surface area contributed by atoms with Crippen molar-refractivity contribution in [2.75, 3.05) is 14.2 Å². The minimum Gasteiger partial charge on any atom is -0.496 e. The van der Waals surface area contributed by atoms with E-state index in [9.17, 15) is 13.2 Å². The Bertz CT molecular complexity index is 403. The summed E-state index contributed by atoms with van der Waals surface area (Å²) in [5.74, 6) is 0.227. The lowest BCUT2D eigenvalue weighted by atomic mass is 9.89. The number of aryl methyl sites for hydroxylation is 1. The van der Waals surface area contributed by atoms with Crippen LogP contribution in [0.25, 0.3) is 0 Å². The molecule has 1 aromatic rings. The van der Waals surface area contributed by atoms with Crippen molar-refractivity contribution in [2.45, 2.75) is 25.6 Å². The molecule has 0 spiro atoms. The molecule has 0 bridgehead atoms. The molecule has 0 aromatic heterocycles. The highest BCUT2D eigenvalue weighted by Crippen LogP contribution is 2.42. The number of hydrogen-bond donors (Lipinski definition) is 1. The molecule has 0 heterocycles. The molecule has 2 nitrogen and oxygen atoms in total. The molecule has 0 aliphatic heterocycles. The van der Waals surface area contributed by atoms with Gasteiger partial charge in [0.1, 0.15) is 11.3 Å². The largest absolute Gasteiger partial charge is 0.496 e. The summed E-state index contributed by atoms with van der Waals surface area (Å²) in [5.41, 5.74) is -1.27. The van der Waals surface area contributed by atoms with Crippen LogP contribution in [0, 0.1) is 6.92 Å². The van der Waals surface area contributed by atoms with E-state index in [1.54, 1.807) is 19.1 Å². The zero-order chi connectivity index (χ0) is 13.3. The molecule has 0 saturated heterocycles. The summed E-state index contributed by atoms with van der Waals surface area (Å²) in [6.07, 6.45) is -4.40. The number of alkyl halides is 3. The fraction of sp³-hybridized carbons (Fsp3) is 0.500. The predicted octanol–water partition coefficient (Wildman–Crippen LogP) is 3.00. The molecular weight excluding hydrogens is 231 g/mol. The first kappa shape index (κ1) is 13.8. The van der Waals surface area contributed by atoms with Crippen LogP contribution >= 0.6 is 0 Å². The molecular formula is C12H16F3NO. The summed E-state index contributed by atoms with van der Waals surface area (Å²) in [6.45, 7) is 2.85. The van der Waals surface area contributed by atoms with Crippen molar-refractivity contribution in [2.24, 2.45) is 0 Å². The maximum Gasteiger partial charge on any atom is 0.410 e. The summed E-state index contributed by atoms with van der Waals surface area (Å²) in [5, 5.41) is 2.33. The van der Waals surface area contributed by atoms with Gasteiger partial charge in [0.15, 0.2) is 0 Å². The summed E-state index contributed by atoms with van der Waals surface area (Å²) >= 11 is 0. The van der Waals surface area contributed by atoms with Crippen molar-refractivity contribution in [3.63, 3.8) is 0 Å². The van der Waals surface area contributed by atoms with Gasteiger partial charge in [0, 0.05) is 5.56 Å². The van der Waals surface area contributed by atoms with E-state index in [-0.39, 0.29) is 11.3 Å². The molecule has 5 heteroatoms. The predicted molar refractivity (Wildman–Crippen MR) is 60.2 cm³/mol. The second-order valence-electron chi connectivity index (χ2n) is 4.08. The Kier molecular flexibility index (Phi) is 3.71. The molecule has 0 saturated carbocycles. The molecule has 0 aliphatic rings.